The van der Waals surface area contributed by atoms with Gasteiger partial charge < -0.3 is 19.7 Å². The number of hydrogen-bond acceptors (Lipinski definition) is 5. The topological polar surface area (TPSA) is 54.1 Å². The summed E-state index contributed by atoms with van der Waals surface area (Å²) in [6.07, 6.45) is 10.1. The van der Waals surface area contributed by atoms with Gasteiger partial charge in [0.25, 0.3) is 0 Å². The summed E-state index contributed by atoms with van der Waals surface area (Å²) in [5, 5.41) is 3.58. The lowest BCUT2D eigenvalue weighted by atomic mass is 9.53. The number of carbonyl (C=O) groups is 1. The Morgan fingerprint density at radius 2 is 2.00 bits per heavy atom. The Bertz CT molecular complexity index is 572. The Morgan fingerprint density at radius 3 is 2.78 bits per heavy atom. The number of nitrogens with zero attached hydrogens (tertiary/aromatic N) is 1. The van der Waals surface area contributed by atoms with E-state index in [1.54, 1.807) is 0 Å². The number of rotatable bonds is 5. The van der Waals surface area contributed by atoms with E-state index in [2.05, 4.69) is 17.1 Å². The Labute approximate surface area is 163 Å². The highest BCUT2D eigenvalue weighted by Gasteiger charge is 2.64. The number of likely N-dealkylation sites (tertiary alicyclic amines) is 1. The van der Waals surface area contributed by atoms with E-state index in [0.717, 1.165) is 39.1 Å². The molecule has 3 heterocycles. The molecule has 5 aliphatic rings. The first kappa shape index (κ1) is 18.4. The van der Waals surface area contributed by atoms with Crippen molar-refractivity contribution in [3.05, 3.63) is 0 Å². The van der Waals surface area contributed by atoms with Gasteiger partial charge in [-0.25, -0.2) is 0 Å². The molecule has 0 bridgehead atoms. The highest BCUT2D eigenvalue weighted by atomic mass is 16.6. The predicted octanol–water partition coefficient (Wildman–Crippen LogP) is 2.59. The molecule has 6 atom stereocenters. The molecule has 152 valence electrons. The molecule has 0 radical (unpaired) electrons. The molecular weight excluding hydrogens is 340 g/mol. The third-order valence-electron chi connectivity index (χ3n) is 8.50. The van der Waals surface area contributed by atoms with Gasteiger partial charge in [0.05, 0.1) is 18.1 Å². The summed E-state index contributed by atoms with van der Waals surface area (Å²) < 4.78 is 11.9. The van der Waals surface area contributed by atoms with Gasteiger partial charge in [-0.3, -0.25) is 4.79 Å². The average Bonchev–Trinajstić information content (AvgIpc) is 3.36. The van der Waals surface area contributed by atoms with Crippen LogP contribution in [-0.4, -0.2) is 61.9 Å². The second kappa shape index (κ2) is 7.00. The van der Waals surface area contributed by atoms with Gasteiger partial charge in [0.15, 0.2) is 0 Å². The van der Waals surface area contributed by atoms with Crippen molar-refractivity contribution in [1.29, 1.82) is 0 Å². The lowest BCUT2D eigenvalue weighted by Gasteiger charge is -2.51. The molecule has 2 saturated carbocycles. The maximum atomic E-state index is 12.6. The molecule has 5 rings (SSSR count). The largest absolute Gasteiger partial charge is 0.462 e. The predicted molar refractivity (Wildman–Crippen MR) is 103 cm³/mol. The van der Waals surface area contributed by atoms with Crippen molar-refractivity contribution in [2.24, 2.45) is 23.2 Å². The summed E-state index contributed by atoms with van der Waals surface area (Å²) >= 11 is 0. The van der Waals surface area contributed by atoms with Crippen molar-refractivity contribution in [2.45, 2.75) is 70.0 Å². The minimum absolute atomic E-state index is 0.0404. The summed E-state index contributed by atoms with van der Waals surface area (Å²) in [6.45, 7) is 8.71. The van der Waals surface area contributed by atoms with Crippen LogP contribution in [0.4, 0.5) is 0 Å². The average molecular weight is 377 g/mol. The van der Waals surface area contributed by atoms with E-state index < -0.39 is 0 Å². The first-order valence-electron chi connectivity index (χ1n) is 11.4. The van der Waals surface area contributed by atoms with Crippen LogP contribution in [0, 0.1) is 23.2 Å². The molecule has 0 aromatic rings. The van der Waals surface area contributed by atoms with Gasteiger partial charge in [0, 0.05) is 25.6 Å². The summed E-state index contributed by atoms with van der Waals surface area (Å²) in [4.78, 5) is 15.2. The van der Waals surface area contributed by atoms with E-state index in [0.29, 0.717) is 17.3 Å². The second-order valence-electron chi connectivity index (χ2n) is 10.2. The molecule has 2 aliphatic carbocycles. The molecule has 1 spiro atoms. The highest BCUT2D eigenvalue weighted by Crippen LogP contribution is 2.62. The van der Waals surface area contributed by atoms with Gasteiger partial charge in [0.2, 0.25) is 0 Å². The maximum Gasteiger partial charge on any atom is 0.310 e. The number of nitrogens with one attached hydrogen (secondary N) is 1. The van der Waals surface area contributed by atoms with Gasteiger partial charge in [-0.2, -0.15) is 0 Å². The van der Waals surface area contributed by atoms with Crippen LogP contribution in [0.2, 0.25) is 0 Å². The van der Waals surface area contributed by atoms with E-state index in [1.807, 2.05) is 0 Å². The van der Waals surface area contributed by atoms with Crippen LogP contribution in [0.1, 0.15) is 58.3 Å². The fraction of sp³-hybridized carbons (Fsp3) is 0.955. The van der Waals surface area contributed by atoms with Gasteiger partial charge in [-0.05, 0) is 69.4 Å². The molecular formula is C22H36N2O3. The normalized spacial score (nSPS) is 46.8. The SMILES string of the molecule is C[C@]12CCC[C@]3(CO3)[C@H]1C[C@H]1[C@@H](C2)OC(=O)[C@@H]1CNCCN1CCCCC1. The molecule has 3 saturated heterocycles. The summed E-state index contributed by atoms with van der Waals surface area (Å²) in [6, 6.07) is 0. The van der Waals surface area contributed by atoms with Crippen LogP contribution in [0.25, 0.3) is 0 Å². The van der Waals surface area contributed by atoms with Crippen molar-refractivity contribution in [2.75, 3.05) is 39.3 Å². The van der Waals surface area contributed by atoms with E-state index in [-0.39, 0.29) is 23.6 Å². The smallest absolute Gasteiger partial charge is 0.310 e. The quantitative estimate of drug-likeness (QED) is 0.454. The van der Waals surface area contributed by atoms with Crippen molar-refractivity contribution >= 4 is 5.97 Å². The first-order chi connectivity index (χ1) is 13.1. The zero-order chi connectivity index (χ0) is 18.5. The standard InChI is InChI=1S/C22H36N2O3/c1-21-6-5-7-22(15-26-22)19(21)12-16-17(20(25)27-18(16)13-21)14-23-8-11-24-9-3-2-4-10-24/h16-19,23H,2-15H2,1H3/t16-,17-,18-,19+,21-,22+/m1/s1. The van der Waals surface area contributed by atoms with Crippen molar-refractivity contribution in [3.63, 3.8) is 0 Å². The van der Waals surface area contributed by atoms with E-state index in [9.17, 15) is 4.79 Å². The van der Waals surface area contributed by atoms with Crippen molar-refractivity contribution in [1.82, 2.24) is 10.2 Å². The van der Waals surface area contributed by atoms with Gasteiger partial charge >= 0.3 is 5.97 Å². The third-order valence-corrected chi connectivity index (χ3v) is 8.50. The minimum atomic E-state index is 0.0404. The van der Waals surface area contributed by atoms with Crippen LogP contribution in [0.5, 0.6) is 0 Å². The second-order valence-corrected chi connectivity index (χ2v) is 10.2. The van der Waals surface area contributed by atoms with Gasteiger partial charge in [0.1, 0.15) is 6.10 Å². The highest BCUT2D eigenvalue weighted by molar-refractivity contribution is 5.75. The Kier molecular flexibility index (Phi) is 4.76. The van der Waals surface area contributed by atoms with Crippen LogP contribution >= 0.6 is 0 Å². The van der Waals surface area contributed by atoms with E-state index in [4.69, 9.17) is 9.47 Å². The molecule has 0 aromatic carbocycles. The molecule has 5 nitrogen and oxygen atoms in total. The van der Waals surface area contributed by atoms with Crippen LogP contribution in [-0.2, 0) is 14.3 Å². The number of ether oxygens (including phenoxy) is 2. The zero-order valence-corrected chi connectivity index (χ0v) is 16.9. The summed E-state index contributed by atoms with van der Waals surface area (Å²) in [5.41, 5.74) is 0.447. The molecule has 1 N–H and O–H groups in total. The lowest BCUT2D eigenvalue weighted by molar-refractivity contribution is -0.147. The third kappa shape index (κ3) is 3.34. The maximum absolute atomic E-state index is 12.6. The number of hydrogen-bond donors (Lipinski definition) is 1. The first-order valence-corrected chi connectivity index (χ1v) is 11.4. The van der Waals surface area contributed by atoms with Crippen LogP contribution in [0.15, 0.2) is 0 Å². The van der Waals surface area contributed by atoms with Gasteiger partial charge in [-0.15, -0.1) is 0 Å². The molecule has 27 heavy (non-hydrogen) atoms. The molecule has 0 amide bonds. The van der Waals surface area contributed by atoms with E-state index >= 15 is 0 Å². The number of carbonyl (C=O) groups excluding carboxylic acids is 1. The molecule has 5 heteroatoms. The zero-order valence-electron chi connectivity index (χ0n) is 16.9. The number of epoxide rings is 1. The van der Waals surface area contributed by atoms with Crippen molar-refractivity contribution < 1.29 is 14.3 Å². The molecule has 3 aliphatic heterocycles. The summed E-state index contributed by atoms with van der Waals surface area (Å²) in [5.74, 6) is 1.09. The molecule has 0 unspecified atom stereocenters. The number of esters is 1. The Morgan fingerprint density at radius 1 is 1.19 bits per heavy atom. The lowest BCUT2D eigenvalue weighted by Crippen LogP contribution is -2.51. The van der Waals surface area contributed by atoms with Crippen molar-refractivity contribution in [3.8, 4) is 0 Å². The number of fused-ring (bicyclic) bond motifs is 3. The van der Waals surface area contributed by atoms with Crippen LogP contribution in [0.3, 0.4) is 0 Å². The molecule has 0 aromatic heterocycles. The Hall–Kier alpha value is -0.650. The fourth-order valence-electron chi connectivity index (χ4n) is 6.87. The molecule has 5 fully saturated rings. The number of piperidine rings is 1. The minimum Gasteiger partial charge on any atom is -0.462 e. The van der Waals surface area contributed by atoms with Crippen LogP contribution < -0.4 is 5.32 Å². The fourth-order valence-corrected chi connectivity index (χ4v) is 6.87. The monoisotopic (exact) mass is 376 g/mol. The summed E-state index contributed by atoms with van der Waals surface area (Å²) in [7, 11) is 0. The Balaban J connectivity index is 1.18. The van der Waals surface area contributed by atoms with E-state index in [1.165, 1.54) is 51.6 Å². The van der Waals surface area contributed by atoms with Gasteiger partial charge in [-0.1, -0.05) is 13.3 Å².